The monoisotopic (exact) mass is 251 g/mol. The van der Waals surface area contributed by atoms with Crippen LogP contribution in [0.1, 0.15) is 10.4 Å². The summed E-state index contributed by atoms with van der Waals surface area (Å²) in [5.41, 5.74) is 0.783. The summed E-state index contributed by atoms with van der Waals surface area (Å²) in [7, 11) is 3.02. The van der Waals surface area contributed by atoms with Crippen molar-refractivity contribution in [2.75, 3.05) is 7.11 Å². The van der Waals surface area contributed by atoms with Gasteiger partial charge in [-0.2, -0.15) is 0 Å². The Bertz CT molecular complexity index is 278. The molecule has 0 bridgehead atoms. The third-order valence-electron chi connectivity index (χ3n) is 1.28. The van der Waals surface area contributed by atoms with Crippen LogP contribution in [0, 0.1) is 6.20 Å². The average molecular weight is 251 g/mol. The molecule has 2 radical (unpaired) electrons. The van der Waals surface area contributed by atoms with E-state index in [1.165, 1.54) is 13.3 Å². The summed E-state index contributed by atoms with van der Waals surface area (Å²) >= 11 is 0. The Kier molecular flexibility index (Phi) is 6.08. The van der Waals surface area contributed by atoms with Crippen LogP contribution in [0.15, 0.2) is 6.20 Å². The first-order chi connectivity index (χ1) is 5.77. The number of hydrogen-bond acceptors (Lipinski definition) is 4. The van der Waals surface area contributed by atoms with Crippen LogP contribution in [0.4, 0.5) is 0 Å². The molecule has 0 spiro atoms. The summed E-state index contributed by atoms with van der Waals surface area (Å²) in [5.74, 6) is -0.474. The quantitative estimate of drug-likeness (QED) is 0.401. The number of nitrogens with zero attached hydrogens (tertiary/aromatic N) is 2. The molecule has 1 rings (SSSR count). The number of rotatable bonds is 2. The van der Waals surface area contributed by atoms with Crippen molar-refractivity contribution in [2.24, 2.45) is 0 Å². The van der Waals surface area contributed by atoms with Gasteiger partial charge in [-0.1, -0.05) is 6.82 Å². The van der Waals surface area contributed by atoms with Gasteiger partial charge in [-0.15, -0.1) is 0 Å². The molecule has 6 heteroatoms. The molecular formula is C7H7BN2O2Y-. The van der Waals surface area contributed by atoms with Crippen LogP contribution in [-0.2, 0) is 37.4 Å². The SMILES string of the molecule is C[B]c1n[c-]c(C(=O)OC)cn1.[Y]. The summed E-state index contributed by atoms with van der Waals surface area (Å²) in [4.78, 5) is 18.5. The third-order valence-corrected chi connectivity index (χ3v) is 1.28. The second kappa shape index (κ2) is 6.21. The van der Waals surface area contributed by atoms with Crippen LogP contribution in [0.5, 0.6) is 0 Å². The standard InChI is InChI=1S/C7H7BN2O2.Y/c1-8-7-9-3-5(4-10-7)6(11)12-2;/h3H,1-2H3;/q-1;. The zero-order valence-corrected chi connectivity index (χ0v) is 10.3. The van der Waals surface area contributed by atoms with Crippen LogP contribution >= 0.6 is 0 Å². The van der Waals surface area contributed by atoms with Crippen molar-refractivity contribution in [3.63, 3.8) is 0 Å². The van der Waals surface area contributed by atoms with Crippen LogP contribution in [0.25, 0.3) is 0 Å². The summed E-state index contributed by atoms with van der Waals surface area (Å²) in [6.07, 6.45) is 3.90. The van der Waals surface area contributed by atoms with Gasteiger partial charge in [0.1, 0.15) is 7.28 Å². The zero-order valence-electron chi connectivity index (χ0n) is 7.44. The molecule has 1 aromatic heterocycles. The summed E-state index contributed by atoms with van der Waals surface area (Å²) in [6, 6.07) is 0. The fourth-order valence-electron chi connectivity index (χ4n) is 0.653. The topological polar surface area (TPSA) is 52.1 Å². The minimum absolute atomic E-state index is 0. The van der Waals surface area contributed by atoms with Crippen LogP contribution in [-0.4, -0.2) is 30.3 Å². The van der Waals surface area contributed by atoms with E-state index < -0.39 is 5.97 Å². The van der Waals surface area contributed by atoms with Gasteiger partial charge in [0, 0.05) is 32.7 Å². The second-order valence-electron chi connectivity index (χ2n) is 2.03. The van der Waals surface area contributed by atoms with Crippen LogP contribution in [0.2, 0.25) is 6.82 Å². The van der Waals surface area contributed by atoms with Gasteiger partial charge in [0.15, 0.2) is 0 Å². The molecule has 1 heterocycles. The summed E-state index contributed by atoms with van der Waals surface area (Å²) in [6.45, 7) is 1.81. The number of carbonyl (C=O) groups is 1. The first-order valence-corrected chi connectivity index (χ1v) is 3.40. The maximum absolute atomic E-state index is 10.9. The van der Waals surface area contributed by atoms with Crippen LogP contribution < -0.4 is 5.72 Å². The van der Waals surface area contributed by atoms with E-state index in [0.717, 1.165) is 0 Å². The van der Waals surface area contributed by atoms with Crippen molar-refractivity contribution >= 4 is 19.0 Å². The van der Waals surface area contributed by atoms with E-state index in [9.17, 15) is 4.79 Å². The number of aromatic nitrogens is 2. The normalized spacial score (nSPS) is 8.46. The molecule has 1 aromatic rings. The van der Waals surface area contributed by atoms with Gasteiger partial charge in [0.25, 0.3) is 5.97 Å². The van der Waals surface area contributed by atoms with Crippen molar-refractivity contribution in [2.45, 2.75) is 6.82 Å². The fraction of sp³-hybridized carbons (Fsp3) is 0.286. The number of esters is 1. The summed E-state index contributed by atoms with van der Waals surface area (Å²) in [5, 5.41) is 0. The molecule has 4 nitrogen and oxygen atoms in total. The van der Waals surface area contributed by atoms with E-state index in [2.05, 4.69) is 20.9 Å². The van der Waals surface area contributed by atoms with Crippen molar-refractivity contribution in [3.05, 3.63) is 18.0 Å². The molecule has 64 valence electrons. The minimum atomic E-state index is -0.474. The van der Waals surface area contributed by atoms with Gasteiger partial charge in [-0.3, -0.25) is 0 Å². The van der Waals surface area contributed by atoms with E-state index in [1.807, 2.05) is 0 Å². The molecule has 0 fully saturated rings. The minimum Gasteiger partial charge on any atom is -0.508 e. The number of ether oxygens (including phenoxy) is 1. The van der Waals surface area contributed by atoms with Crippen molar-refractivity contribution in [1.82, 2.24) is 9.97 Å². The summed E-state index contributed by atoms with van der Waals surface area (Å²) < 4.78 is 4.45. The molecule has 0 aliphatic carbocycles. The molecule has 0 atom stereocenters. The Morgan fingerprint density at radius 1 is 1.69 bits per heavy atom. The van der Waals surface area contributed by atoms with E-state index in [4.69, 9.17) is 0 Å². The smallest absolute Gasteiger partial charge is 0.252 e. The Labute approximate surface area is 103 Å². The first kappa shape index (κ1) is 12.7. The molecule has 0 aliphatic rings. The molecule has 0 aromatic carbocycles. The van der Waals surface area contributed by atoms with E-state index >= 15 is 0 Å². The molecular weight excluding hydrogens is 244 g/mol. The average Bonchev–Trinajstić information content (AvgIpc) is 2.17. The van der Waals surface area contributed by atoms with Crippen molar-refractivity contribution in [3.8, 4) is 0 Å². The van der Waals surface area contributed by atoms with Crippen molar-refractivity contribution in [1.29, 1.82) is 0 Å². The van der Waals surface area contributed by atoms with E-state index in [1.54, 1.807) is 14.1 Å². The molecule has 0 amide bonds. The molecule has 13 heavy (non-hydrogen) atoms. The van der Waals surface area contributed by atoms with Gasteiger partial charge in [-0.05, 0) is 23.7 Å². The van der Waals surface area contributed by atoms with Gasteiger partial charge >= 0.3 is 0 Å². The van der Waals surface area contributed by atoms with E-state index in [-0.39, 0.29) is 38.3 Å². The zero-order chi connectivity index (χ0) is 8.97. The fourth-order valence-corrected chi connectivity index (χ4v) is 0.653. The Balaban J connectivity index is 0.00000144. The Hall–Kier alpha value is -0.281. The number of carbonyl (C=O) groups excluding carboxylic acids is 1. The molecule has 0 unspecified atom stereocenters. The maximum Gasteiger partial charge on any atom is 0.252 e. The molecule has 0 N–H and O–H groups in total. The Morgan fingerprint density at radius 3 is 2.77 bits per heavy atom. The largest absolute Gasteiger partial charge is 0.508 e. The molecule has 0 aliphatic heterocycles. The Morgan fingerprint density at radius 2 is 2.38 bits per heavy atom. The first-order valence-electron chi connectivity index (χ1n) is 3.40. The van der Waals surface area contributed by atoms with Crippen LogP contribution in [0.3, 0.4) is 0 Å². The van der Waals surface area contributed by atoms with Crippen molar-refractivity contribution < 1.29 is 42.2 Å². The predicted octanol–water partition coefficient (Wildman–Crippen LogP) is -0.562. The molecule has 0 saturated heterocycles. The predicted molar refractivity (Wildman–Crippen MR) is 43.5 cm³/mol. The van der Waals surface area contributed by atoms with Gasteiger partial charge in [0.2, 0.25) is 0 Å². The third kappa shape index (κ3) is 3.53. The van der Waals surface area contributed by atoms with Gasteiger partial charge in [0.05, 0.1) is 7.11 Å². The molecule has 0 saturated carbocycles. The number of hydrogen-bond donors (Lipinski definition) is 0. The maximum atomic E-state index is 10.9. The van der Waals surface area contributed by atoms with Gasteiger partial charge < -0.3 is 19.5 Å². The van der Waals surface area contributed by atoms with E-state index in [0.29, 0.717) is 5.72 Å². The number of methoxy groups -OCH3 is 1. The van der Waals surface area contributed by atoms with Gasteiger partial charge in [-0.25, -0.2) is 0 Å². The second-order valence-corrected chi connectivity index (χ2v) is 2.03.